The molecule has 2 aromatic carbocycles. The van der Waals surface area contributed by atoms with Gasteiger partial charge >= 0.3 is 0 Å². The summed E-state index contributed by atoms with van der Waals surface area (Å²) in [7, 11) is 0. The minimum Gasteiger partial charge on any atom is -0.332 e. The van der Waals surface area contributed by atoms with Gasteiger partial charge in [0.05, 0.1) is 0 Å². The van der Waals surface area contributed by atoms with Crippen molar-refractivity contribution in [3.05, 3.63) is 58.9 Å². The van der Waals surface area contributed by atoms with Crippen LogP contribution < -0.4 is 10.6 Å². The van der Waals surface area contributed by atoms with E-state index in [0.717, 1.165) is 11.3 Å². The number of thiocarbonyl (C=S) groups is 1. The van der Waals surface area contributed by atoms with E-state index in [-0.39, 0.29) is 5.82 Å². The molecule has 4 heteroatoms. The lowest BCUT2D eigenvalue weighted by molar-refractivity contribution is 0.619. The maximum atomic E-state index is 13.5. The Morgan fingerprint density at radius 2 is 1.70 bits per heavy atom. The van der Waals surface area contributed by atoms with Gasteiger partial charge in [0, 0.05) is 11.4 Å². The molecule has 0 heterocycles. The van der Waals surface area contributed by atoms with Crippen molar-refractivity contribution in [2.45, 2.75) is 20.8 Å². The molecule has 0 atom stereocenters. The van der Waals surface area contributed by atoms with Gasteiger partial charge in [0.1, 0.15) is 5.82 Å². The van der Waals surface area contributed by atoms with Crippen molar-refractivity contribution in [1.82, 2.24) is 0 Å². The number of anilines is 2. The Morgan fingerprint density at radius 1 is 0.950 bits per heavy atom. The number of rotatable bonds is 2. The van der Waals surface area contributed by atoms with Gasteiger partial charge in [-0.15, -0.1) is 0 Å². The van der Waals surface area contributed by atoms with Gasteiger partial charge in [-0.3, -0.25) is 0 Å². The Bertz CT molecular complexity index is 653. The minimum atomic E-state index is -0.246. The lowest BCUT2D eigenvalue weighted by atomic mass is 10.1. The summed E-state index contributed by atoms with van der Waals surface area (Å²) in [4.78, 5) is 0. The Balaban J connectivity index is 2.07. The summed E-state index contributed by atoms with van der Waals surface area (Å²) in [5, 5.41) is 6.54. The van der Waals surface area contributed by atoms with Gasteiger partial charge in [-0.2, -0.15) is 0 Å². The van der Waals surface area contributed by atoms with Crippen LogP contribution in [0.2, 0.25) is 0 Å². The summed E-state index contributed by atoms with van der Waals surface area (Å²) in [5.74, 6) is -0.246. The molecule has 104 valence electrons. The summed E-state index contributed by atoms with van der Waals surface area (Å²) in [6, 6.07) is 11.0. The number of benzene rings is 2. The van der Waals surface area contributed by atoms with Crippen molar-refractivity contribution < 1.29 is 4.39 Å². The summed E-state index contributed by atoms with van der Waals surface area (Å²) < 4.78 is 13.5. The summed E-state index contributed by atoms with van der Waals surface area (Å²) >= 11 is 5.24. The van der Waals surface area contributed by atoms with E-state index in [4.69, 9.17) is 12.2 Å². The highest BCUT2D eigenvalue weighted by Gasteiger charge is 2.04. The minimum absolute atomic E-state index is 0.246. The predicted molar refractivity (Wildman–Crippen MR) is 86.9 cm³/mol. The molecule has 0 bridgehead atoms. The summed E-state index contributed by atoms with van der Waals surface area (Å²) in [6.07, 6.45) is 0. The van der Waals surface area contributed by atoms with E-state index in [1.165, 1.54) is 11.6 Å². The standard InChI is InChI=1S/C16H17FN2S/c1-10-4-7-15(12(3)8-10)19-16(20)18-13-6-5-11(2)14(17)9-13/h4-9H,1-3H3,(H2,18,19,20). The zero-order valence-electron chi connectivity index (χ0n) is 11.8. The average Bonchev–Trinajstić information content (AvgIpc) is 2.37. The van der Waals surface area contributed by atoms with Gasteiger partial charge < -0.3 is 10.6 Å². The van der Waals surface area contributed by atoms with E-state index in [1.54, 1.807) is 19.1 Å². The fourth-order valence-electron chi connectivity index (χ4n) is 1.91. The van der Waals surface area contributed by atoms with Gasteiger partial charge in [0.15, 0.2) is 5.11 Å². The van der Waals surface area contributed by atoms with Crippen LogP contribution in [0.25, 0.3) is 0 Å². The molecule has 2 nitrogen and oxygen atoms in total. The van der Waals surface area contributed by atoms with Crippen molar-refractivity contribution in [1.29, 1.82) is 0 Å². The van der Waals surface area contributed by atoms with Crippen molar-refractivity contribution in [3.63, 3.8) is 0 Å². The van der Waals surface area contributed by atoms with E-state index < -0.39 is 0 Å². The SMILES string of the molecule is Cc1ccc(NC(=S)Nc2ccc(C)c(F)c2)c(C)c1. The topological polar surface area (TPSA) is 24.1 Å². The van der Waals surface area contributed by atoms with Crippen LogP contribution in [0.5, 0.6) is 0 Å². The molecule has 0 saturated heterocycles. The molecule has 0 aromatic heterocycles. The van der Waals surface area contributed by atoms with Crippen molar-refractivity contribution in [2.24, 2.45) is 0 Å². The third kappa shape index (κ3) is 3.54. The zero-order chi connectivity index (χ0) is 14.7. The Kier molecular flexibility index (Phi) is 4.35. The highest BCUT2D eigenvalue weighted by Crippen LogP contribution is 2.17. The Labute approximate surface area is 124 Å². The normalized spacial score (nSPS) is 10.2. The fourth-order valence-corrected chi connectivity index (χ4v) is 2.14. The van der Waals surface area contributed by atoms with E-state index >= 15 is 0 Å². The molecule has 0 saturated carbocycles. The maximum Gasteiger partial charge on any atom is 0.175 e. The largest absolute Gasteiger partial charge is 0.332 e. The summed E-state index contributed by atoms with van der Waals surface area (Å²) in [5.41, 5.74) is 4.51. The van der Waals surface area contributed by atoms with Gasteiger partial charge in [-0.25, -0.2) is 4.39 Å². The first-order chi connectivity index (χ1) is 9.45. The van der Waals surface area contributed by atoms with Crippen molar-refractivity contribution in [3.8, 4) is 0 Å². The zero-order valence-corrected chi connectivity index (χ0v) is 12.6. The van der Waals surface area contributed by atoms with Crippen LogP contribution in [0, 0.1) is 26.6 Å². The fraction of sp³-hybridized carbons (Fsp3) is 0.188. The molecule has 20 heavy (non-hydrogen) atoms. The molecule has 0 spiro atoms. The molecule has 0 amide bonds. The molecule has 0 radical (unpaired) electrons. The van der Waals surface area contributed by atoms with Crippen LogP contribution in [0.4, 0.5) is 15.8 Å². The lowest BCUT2D eigenvalue weighted by Crippen LogP contribution is -2.19. The maximum absolute atomic E-state index is 13.5. The Hall–Kier alpha value is -1.94. The van der Waals surface area contributed by atoms with Crippen LogP contribution >= 0.6 is 12.2 Å². The second-order valence-electron chi connectivity index (χ2n) is 4.86. The van der Waals surface area contributed by atoms with Crippen LogP contribution in [0.15, 0.2) is 36.4 Å². The second kappa shape index (κ2) is 6.01. The molecule has 0 aliphatic carbocycles. The molecule has 2 aromatic rings. The number of hydrogen-bond donors (Lipinski definition) is 2. The second-order valence-corrected chi connectivity index (χ2v) is 5.27. The third-order valence-electron chi connectivity index (χ3n) is 3.06. The molecule has 2 rings (SSSR count). The average molecular weight is 288 g/mol. The quantitative estimate of drug-likeness (QED) is 0.792. The van der Waals surface area contributed by atoms with E-state index in [9.17, 15) is 4.39 Å². The van der Waals surface area contributed by atoms with Gasteiger partial charge in [-0.1, -0.05) is 23.8 Å². The van der Waals surface area contributed by atoms with Crippen LogP contribution in [-0.2, 0) is 0 Å². The van der Waals surface area contributed by atoms with E-state index in [1.807, 2.05) is 26.0 Å². The number of aryl methyl sites for hydroxylation is 3. The number of halogens is 1. The number of hydrogen-bond acceptors (Lipinski definition) is 1. The van der Waals surface area contributed by atoms with Crippen LogP contribution in [-0.4, -0.2) is 5.11 Å². The predicted octanol–water partition coefficient (Wildman–Crippen LogP) is 4.56. The molecule has 0 unspecified atom stereocenters. The first kappa shape index (κ1) is 14.5. The molecular formula is C16H17FN2S. The van der Waals surface area contributed by atoms with Gasteiger partial charge in [-0.05, 0) is 62.3 Å². The van der Waals surface area contributed by atoms with Crippen LogP contribution in [0.3, 0.4) is 0 Å². The monoisotopic (exact) mass is 288 g/mol. The highest BCUT2D eigenvalue weighted by atomic mass is 32.1. The van der Waals surface area contributed by atoms with E-state index in [2.05, 4.69) is 16.7 Å². The molecule has 0 fully saturated rings. The first-order valence-corrected chi connectivity index (χ1v) is 6.78. The van der Waals surface area contributed by atoms with Crippen LogP contribution in [0.1, 0.15) is 16.7 Å². The lowest BCUT2D eigenvalue weighted by Gasteiger charge is -2.13. The Morgan fingerprint density at radius 3 is 2.35 bits per heavy atom. The molecule has 0 aliphatic rings. The highest BCUT2D eigenvalue weighted by molar-refractivity contribution is 7.80. The molecular weight excluding hydrogens is 271 g/mol. The molecule has 2 N–H and O–H groups in total. The summed E-state index contributed by atoms with van der Waals surface area (Å²) in [6.45, 7) is 5.79. The van der Waals surface area contributed by atoms with Crippen molar-refractivity contribution >= 4 is 28.7 Å². The van der Waals surface area contributed by atoms with Gasteiger partial charge in [0.25, 0.3) is 0 Å². The smallest absolute Gasteiger partial charge is 0.175 e. The first-order valence-electron chi connectivity index (χ1n) is 6.37. The number of nitrogens with one attached hydrogen (secondary N) is 2. The van der Waals surface area contributed by atoms with Crippen molar-refractivity contribution in [2.75, 3.05) is 10.6 Å². The van der Waals surface area contributed by atoms with E-state index in [0.29, 0.717) is 16.4 Å². The molecule has 0 aliphatic heterocycles. The van der Waals surface area contributed by atoms with Gasteiger partial charge in [0.2, 0.25) is 0 Å². The third-order valence-corrected chi connectivity index (χ3v) is 3.26.